The third kappa shape index (κ3) is 2.74. The van der Waals surface area contributed by atoms with E-state index in [0.717, 1.165) is 38.9 Å². The van der Waals surface area contributed by atoms with Crippen LogP contribution in [0.2, 0.25) is 0 Å². The number of nitrogens with zero attached hydrogens (tertiary/aromatic N) is 3. The monoisotopic (exact) mass is 321 g/mol. The molecule has 1 aromatic heterocycles. The van der Waals surface area contributed by atoms with Gasteiger partial charge in [0.25, 0.3) is 0 Å². The molecule has 0 N–H and O–H groups in total. The molecule has 0 amide bonds. The number of hydrogen-bond donors (Lipinski definition) is 0. The highest BCUT2D eigenvalue weighted by atomic mass is 19.2. The Balaban J connectivity index is 1.72. The van der Waals surface area contributed by atoms with E-state index in [1.807, 2.05) is 0 Å². The number of aromatic nitrogens is 2. The summed E-state index contributed by atoms with van der Waals surface area (Å²) in [5.74, 6) is -1.60. The van der Waals surface area contributed by atoms with Crippen LogP contribution in [0.3, 0.4) is 0 Å². The van der Waals surface area contributed by atoms with Gasteiger partial charge in [0.05, 0.1) is 16.6 Å². The Morgan fingerprint density at radius 1 is 1.17 bits per heavy atom. The van der Waals surface area contributed by atoms with Gasteiger partial charge in [-0.1, -0.05) is 0 Å². The second-order valence-corrected chi connectivity index (χ2v) is 6.41. The fourth-order valence-corrected chi connectivity index (χ4v) is 3.42. The van der Waals surface area contributed by atoms with Crippen molar-refractivity contribution in [2.45, 2.75) is 38.3 Å². The fraction of sp³-hybridized carbons (Fsp3) is 0.588. The normalized spacial score (nSPS) is 22.4. The van der Waals surface area contributed by atoms with Gasteiger partial charge in [-0.15, -0.1) is 0 Å². The molecule has 0 bridgehead atoms. The minimum Gasteiger partial charge on any atom is -0.356 e. The lowest BCUT2D eigenvalue weighted by atomic mass is 10.1. The van der Waals surface area contributed by atoms with E-state index in [2.05, 4.69) is 10.00 Å². The third-order valence-electron chi connectivity index (χ3n) is 4.88. The minimum absolute atomic E-state index is 0.172. The van der Waals surface area contributed by atoms with E-state index in [-0.39, 0.29) is 6.23 Å². The number of fused-ring (bicyclic) bond motifs is 1. The van der Waals surface area contributed by atoms with Crippen LogP contribution in [0.1, 0.15) is 37.6 Å². The van der Waals surface area contributed by atoms with E-state index < -0.39 is 11.6 Å². The lowest BCUT2D eigenvalue weighted by molar-refractivity contribution is -0.0369. The van der Waals surface area contributed by atoms with E-state index in [4.69, 9.17) is 4.74 Å². The van der Waals surface area contributed by atoms with Gasteiger partial charge in [-0.3, -0.25) is 0 Å². The zero-order chi connectivity index (χ0) is 15.8. The first-order valence-corrected chi connectivity index (χ1v) is 8.43. The van der Waals surface area contributed by atoms with Crippen molar-refractivity contribution in [3.05, 3.63) is 29.5 Å². The second-order valence-electron chi connectivity index (χ2n) is 6.41. The van der Waals surface area contributed by atoms with Crippen molar-refractivity contribution >= 4 is 10.9 Å². The van der Waals surface area contributed by atoms with Crippen LogP contribution in [-0.2, 0) is 11.2 Å². The lowest BCUT2D eigenvalue weighted by Crippen LogP contribution is -2.38. The molecule has 1 aromatic carbocycles. The molecule has 23 heavy (non-hydrogen) atoms. The van der Waals surface area contributed by atoms with Gasteiger partial charge in [0, 0.05) is 19.6 Å². The van der Waals surface area contributed by atoms with Crippen molar-refractivity contribution in [3.8, 4) is 0 Å². The summed E-state index contributed by atoms with van der Waals surface area (Å²) in [6.45, 7) is 3.70. The molecule has 2 fully saturated rings. The van der Waals surface area contributed by atoms with Gasteiger partial charge in [0.2, 0.25) is 0 Å². The second kappa shape index (κ2) is 6.17. The van der Waals surface area contributed by atoms with Crippen molar-refractivity contribution in [1.29, 1.82) is 0 Å². The Hall–Kier alpha value is -1.53. The Kier molecular flexibility index (Phi) is 4.03. The van der Waals surface area contributed by atoms with Gasteiger partial charge in [0.15, 0.2) is 17.9 Å². The topological polar surface area (TPSA) is 30.3 Å². The van der Waals surface area contributed by atoms with E-state index in [1.165, 1.54) is 12.5 Å². The third-order valence-corrected chi connectivity index (χ3v) is 4.88. The molecule has 1 atom stereocenters. The summed E-state index contributed by atoms with van der Waals surface area (Å²) < 4.78 is 35.6. The average Bonchev–Trinajstić information content (AvgIpc) is 2.90. The summed E-state index contributed by atoms with van der Waals surface area (Å²) in [6, 6.07) is 2.80. The summed E-state index contributed by atoms with van der Waals surface area (Å²) >= 11 is 0. The number of ether oxygens (including phenoxy) is 1. The Labute approximate surface area is 134 Å². The molecule has 0 saturated carbocycles. The van der Waals surface area contributed by atoms with Gasteiger partial charge < -0.3 is 9.64 Å². The van der Waals surface area contributed by atoms with Crippen LogP contribution in [0.25, 0.3) is 10.9 Å². The molecule has 4 nitrogen and oxygen atoms in total. The first-order valence-electron chi connectivity index (χ1n) is 8.43. The molecule has 1 unspecified atom stereocenters. The van der Waals surface area contributed by atoms with E-state index in [0.29, 0.717) is 29.6 Å². The number of hydrogen-bond acceptors (Lipinski definition) is 3. The van der Waals surface area contributed by atoms with E-state index in [9.17, 15) is 8.78 Å². The average molecular weight is 321 g/mol. The van der Waals surface area contributed by atoms with Gasteiger partial charge in [0.1, 0.15) is 0 Å². The van der Waals surface area contributed by atoms with Gasteiger partial charge in [-0.05, 0) is 50.9 Å². The molecule has 0 radical (unpaired) electrons. The predicted molar refractivity (Wildman–Crippen MR) is 83.3 cm³/mol. The molecular weight excluding hydrogens is 300 g/mol. The molecule has 2 aliphatic heterocycles. The standard InChI is InChI=1S/C17H21F2N3O/c18-12-5-6-14-16(17(12)19)13(7-10-21-8-3-9-21)20-22(14)15-4-1-2-11-23-15/h5-6,15H,1-4,7-11H2. The molecule has 3 heterocycles. The first kappa shape index (κ1) is 15.0. The van der Waals surface area contributed by atoms with Crippen LogP contribution in [-0.4, -0.2) is 40.9 Å². The number of halogens is 2. The van der Waals surface area contributed by atoms with E-state index in [1.54, 1.807) is 10.7 Å². The fourth-order valence-electron chi connectivity index (χ4n) is 3.42. The zero-order valence-electron chi connectivity index (χ0n) is 13.1. The van der Waals surface area contributed by atoms with Gasteiger partial charge >= 0.3 is 0 Å². The summed E-state index contributed by atoms with van der Waals surface area (Å²) in [5, 5.41) is 4.92. The number of benzene rings is 1. The molecule has 0 aliphatic carbocycles. The van der Waals surface area contributed by atoms with Crippen LogP contribution >= 0.6 is 0 Å². The molecule has 2 aliphatic rings. The van der Waals surface area contributed by atoms with Crippen molar-refractivity contribution in [2.75, 3.05) is 26.2 Å². The summed E-state index contributed by atoms with van der Waals surface area (Å²) in [7, 11) is 0. The molecule has 0 spiro atoms. The maximum atomic E-state index is 14.4. The largest absolute Gasteiger partial charge is 0.356 e. The lowest BCUT2D eigenvalue weighted by Gasteiger charge is -2.30. The molecule has 2 aromatic rings. The smallest absolute Gasteiger partial charge is 0.170 e. The Morgan fingerprint density at radius 3 is 2.74 bits per heavy atom. The van der Waals surface area contributed by atoms with Crippen LogP contribution in [0, 0.1) is 11.6 Å². The highest BCUT2D eigenvalue weighted by Crippen LogP contribution is 2.30. The van der Waals surface area contributed by atoms with Crippen molar-refractivity contribution in [1.82, 2.24) is 14.7 Å². The molecule has 2 saturated heterocycles. The van der Waals surface area contributed by atoms with Crippen molar-refractivity contribution < 1.29 is 13.5 Å². The van der Waals surface area contributed by atoms with Crippen molar-refractivity contribution in [2.24, 2.45) is 0 Å². The Bertz CT molecular complexity index is 705. The summed E-state index contributed by atoms with van der Waals surface area (Å²) in [5.41, 5.74) is 1.27. The number of likely N-dealkylation sites (tertiary alicyclic amines) is 1. The van der Waals surface area contributed by atoms with Crippen LogP contribution in [0.5, 0.6) is 0 Å². The highest BCUT2D eigenvalue weighted by molar-refractivity contribution is 5.83. The summed E-state index contributed by atoms with van der Waals surface area (Å²) in [6.07, 6.45) is 4.65. The number of rotatable bonds is 4. The molecule has 6 heteroatoms. The quantitative estimate of drug-likeness (QED) is 0.866. The molecular formula is C17H21F2N3O. The molecule has 4 rings (SSSR count). The highest BCUT2D eigenvalue weighted by Gasteiger charge is 2.24. The minimum atomic E-state index is -0.813. The van der Waals surface area contributed by atoms with Crippen LogP contribution in [0.15, 0.2) is 12.1 Å². The summed E-state index contributed by atoms with van der Waals surface area (Å²) in [4.78, 5) is 2.30. The maximum Gasteiger partial charge on any atom is 0.170 e. The SMILES string of the molecule is Fc1ccc2c(c(CCN3CCC3)nn2C2CCCCO2)c1F. The molecule has 124 valence electrons. The van der Waals surface area contributed by atoms with Crippen molar-refractivity contribution in [3.63, 3.8) is 0 Å². The Morgan fingerprint density at radius 2 is 2.04 bits per heavy atom. The predicted octanol–water partition coefficient (Wildman–Crippen LogP) is 3.26. The maximum absolute atomic E-state index is 14.4. The zero-order valence-corrected chi connectivity index (χ0v) is 13.1. The first-order chi connectivity index (χ1) is 11.2. The van der Waals surface area contributed by atoms with Crippen LogP contribution < -0.4 is 0 Å². The van der Waals surface area contributed by atoms with Gasteiger partial charge in [-0.25, -0.2) is 13.5 Å². The van der Waals surface area contributed by atoms with Crippen LogP contribution in [0.4, 0.5) is 8.78 Å². The van der Waals surface area contributed by atoms with E-state index >= 15 is 0 Å². The van der Waals surface area contributed by atoms with Gasteiger partial charge in [-0.2, -0.15) is 5.10 Å².